The average molecular weight is 551 g/mol. The first-order valence-corrected chi connectivity index (χ1v) is 11.7. The van der Waals surface area contributed by atoms with Gasteiger partial charge in [0.2, 0.25) is 5.75 Å². The number of hydrogen-bond acceptors (Lipinski definition) is 7. The first-order chi connectivity index (χ1) is 17.4. The van der Waals surface area contributed by atoms with Crippen molar-refractivity contribution in [2.45, 2.75) is 0 Å². The molecule has 9 heteroatoms. The summed E-state index contributed by atoms with van der Waals surface area (Å²) >= 11 is 3.35. The van der Waals surface area contributed by atoms with Crippen molar-refractivity contribution < 1.29 is 28.5 Å². The third-order valence-corrected chi connectivity index (χ3v) is 5.89. The van der Waals surface area contributed by atoms with Gasteiger partial charge in [-0.05, 0) is 48.5 Å². The molecular formula is C27H23BrN2O6. The van der Waals surface area contributed by atoms with Crippen LogP contribution in [0.2, 0.25) is 0 Å². The topological polar surface area (TPSA) is 96.0 Å². The van der Waals surface area contributed by atoms with E-state index in [9.17, 15) is 9.59 Å². The summed E-state index contributed by atoms with van der Waals surface area (Å²) in [4.78, 5) is 30.1. The minimum Gasteiger partial charge on any atom is -0.493 e. The number of aromatic nitrogens is 1. The zero-order valence-electron chi connectivity index (χ0n) is 19.8. The lowest BCUT2D eigenvalue weighted by molar-refractivity contribution is -0.119. The molecule has 0 aliphatic heterocycles. The summed E-state index contributed by atoms with van der Waals surface area (Å²) in [5.41, 5.74) is 2.62. The Hall–Kier alpha value is -4.11. The number of methoxy groups -OCH3 is 3. The van der Waals surface area contributed by atoms with E-state index < -0.39 is 18.5 Å². The SMILES string of the molecule is COc1cc(-c2cc(C(=O)OCC(=O)Nc3ccc(Br)cc3)c3ccccc3n2)cc(OC)c1OC. The predicted octanol–water partition coefficient (Wildman–Crippen LogP) is 5.49. The van der Waals surface area contributed by atoms with Crippen molar-refractivity contribution in [1.82, 2.24) is 4.98 Å². The van der Waals surface area contributed by atoms with Crippen molar-refractivity contribution in [1.29, 1.82) is 0 Å². The Bertz CT molecular complexity index is 1400. The Morgan fingerprint density at radius 3 is 2.19 bits per heavy atom. The van der Waals surface area contributed by atoms with Crippen LogP contribution in [0.4, 0.5) is 5.69 Å². The van der Waals surface area contributed by atoms with Gasteiger partial charge < -0.3 is 24.3 Å². The van der Waals surface area contributed by atoms with Crippen molar-refractivity contribution in [2.24, 2.45) is 0 Å². The van der Waals surface area contributed by atoms with E-state index >= 15 is 0 Å². The fraction of sp³-hybridized carbons (Fsp3) is 0.148. The van der Waals surface area contributed by atoms with Crippen LogP contribution in [-0.4, -0.2) is 44.8 Å². The molecule has 0 aliphatic carbocycles. The van der Waals surface area contributed by atoms with E-state index in [1.165, 1.54) is 21.3 Å². The monoisotopic (exact) mass is 550 g/mol. The van der Waals surface area contributed by atoms with Gasteiger partial charge in [0.1, 0.15) is 0 Å². The van der Waals surface area contributed by atoms with Crippen molar-refractivity contribution >= 4 is 44.4 Å². The Morgan fingerprint density at radius 2 is 1.56 bits per heavy atom. The zero-order chi connectivity index (χ0) is 25.7. The highest BCUT2D eigenvalue weighted by atomic mass is 79.9. The second-order valence-corrected chi connectivity index (χ2v) is 8.53. The number of carbonyl (C=O) groups is 2. The normalized spacial score (nSPS) is 10.6. The Kier molecular flexibility index (Phi) is 7.70. The van der Waals surface area contributed by atoms with Crippen LogP contribution in [0, 0.1) is 0 Å². The molecule has 4 aromatic rings. The van der Waals surface area contributed by atoms with Crippen LogP contribution < -0.4 is 19.5 Å². The molecule has 184 valence electrons. The van der Waals surface area contributed by atoms with Gasteiger partial charge in [0.15, 0.2) is 18.1 Å². The van der Waals surface area contributed by atoms with Crippen molar-refractivity contribution in [3.05, 3.63) is 76.8 Å². The quantitative estimate of drug-likeness (QED) is 0.290. The van der Waals surface area contributed by atoms with E-state index in [0.717, 1.165) is 4.47 Å². The highest BCUT2D eigenvalue weighted by molar-refractivity contribution is 9.10. The van der Waals surface area contributed by atoms with Crippen LogP contribution in [0.25, 0.3) is 22.2 Å². The van der Waals surface area contributed by atoms with E-state index in [1.807, 2.05) is 6.07 Å². The van der Waals surface area contributed by atoms with Crippen LogP contribution in [0.15, 0.2) is 71.2 Å². The van der Waals surface area contributed by atoms with Crippen LogP contribution >= 0.6 is 15.9 Å². The molecule has 0 radical (unpaired) electrons. The molecule has 0 saturated carbocycles. The third-order valence-electron chi connectivity index (χ3n) is 5.36. The lowest BCUT2D eigenvalue weighted by atomic mass is 10.0. The molecule has 3 aromatic carbocycles. The number of amides is 1. The van der Waals surface area contributed by atoms with Crippen molar-refractivity contribution in [3.63, 3.8) is 0 Å². The van der Waals surface area contributed by atoms with Gasteiger partial charge in [-0.2, -0.15) is 0 Å². The molecule has 0 unspecified atom stereocenters. The standard InChI is InChI=1S/C27H23BrN2O6/c1-33-23-12-16(13-24(34-2)26(23)35-3)22-14-20(19-6-4-5-7-21(19)30-22)27(32)36-15-25(31)29-18-10-8-17(28)9-11-18/h4-14H,15H2,1-3H3,(H,29,31). The maximum absolute atomic E-state index is 13.1. The van der Waals surface area contributed by atoms with Gasteiger partial charge in [-0.3, -0.25) is 4.79 Å². The predicted molar refractivity (Wildman–Crippen MR) is 140 cm³/mol. The van der Waals surface area contributed by atoms with E-state index in [-0.39, 0.29) is 5.56 Å². The number of anilines is 1. The number of esters is 1. The molecule has 0 saturated heterocycles. The summed E-state index contributed by atoms with van der Waals surface area (Å²) in [6.07, 6.45) is 0. The first kappa shape index (κ1) is 25.0. The van der Waals surface area contributed by atoms with Crippen LogP contribution in [0.3, 0.4) is 0 Å². The fourth-order valence-corrected chi connectivity index (χ4v) is 3.92. The van der Waals surface area contributed by atoms with Gasteiger partial charge in [-0.1, -0.05) is 34.1 Å². The summed E-state index contributed by atoms with van der Waals surface area (Å²) in [6, 6.07) is 19.4. The number of para-hydroxylation sites is 1. The molecule has 1 heterocycles. The maximum atomic E-state index is 13.1. The number of halogens is 1. The van der Waals surface area contributed by atoms with E-state index in [0.29, 0.717) is 45.1 Å². The zero-order valence-corrected chi connectivity index (χ0v) is 21.4. The number of nitrogens with zero attached hydrogens (tertiary/aromatic N) is 1. The average Bonchev–Trinajstić information content (AvgIpc) is 2.91. The number of hydrogen-bond donors (Lipinski definition) is 1. The lowest BCUT2D eigenvalue weighted by Gasteiger charge is -2.15. The number of benzene rings is 3. The lowest BCUT2D eigenvalue weighted by Crippen LogP contribution is -2.21. The highest BCUT2D eigenvalue weighted by Gasteiger charge is 2.19. The molecule has 36 heavy (non-hydrogen) atoms. The second-order valence-electron chi connectivity index (χ2n) is 7.62. The molecule has 0 bridgehead atoms. The van der Waals surface area contributed by atoms with E-state index in [1.54, 1.807) is 60.7 Å². The number of carbonyl (C=O) groups excluding carboxylic acids is 2. The summed E-state index contributed by atoms with van der Waals surface area (Å²) in [6.45, 7) is -0.439. The van der Waals surface area contributed by atoms with Gasteiger partial charge in [-0.15, -0.1) is 0 Å². The van der Waals surface area contributed by atoms with Gasteiger partial charge in [0.25, 0.3) is 5.91 Å². The van der Waals surface area contributed by atoms with Crippen molar-refractivity contribution in [3.8, 4) is 28.5 Å². The minimum atomic E-state index is -0.645. The van der Waals surface area contributed by atoms with Crippen molar-refractivity contribution in [2.75, 3.05) is 33.3 Å². The van der Waals surface area contributed by atoms with E-state index in [4.69, 9.17) is 23.9 Å². The highest BCUT2D eigenvalue weighted by Crippen LogP contribution is 2.41. The number of rotatable bonds is 8. The largest absolute Gasteiger partial charge is 0.493 e. The Labute approximate surface area is 216 Å². The number of pyridine rings is 1. The second kappa shape index (κ2) is 11.1. The fourth-order valence-electron chi connectivity index (χ4n) is 3.66. The van der Waals surface area contributed by atoms with Gasteiger partial charge in [0, 0.05) is 21.1 Å². The molecule has 8 nitrogen and oxygen atoms in total. The summed E-state index contributed by atoms with van der Waals surface area (Å²) < 4.78 is 22.6. The molecule has 1 amide bonds. The van der Waals surface area contributed by atoms with Crippen LogP contribution in [-0.2, 0) is 9.53 Å². The van der Waals surface area contributed by atoms with Gasteiger partial charge in [0.05, 0.1) is 38.1 Å². The summed E-state index contributed by atoms with van der Waals surface area (Å²) in [7, 11) is 4.57. The number of ether oxygens (including phenoxy) is 4. The number of fused-ring (bicyclic) bond motifs is 1. The third kappa shape index (κ3) is 5.41. The molecule has 0 aliphatic rings. The number of nitrogens with one attached hydrogen (secondary N) is 1. The van der Waals surface area contributed by atoms with Crippen LogP contribution in [0.5, 0.6) is 17.2 Å². The minimum absolute atomic E-state index is 0.279. The smallest absolute Gasteiger partial charge is 0.339 e. The molecular weight excluding hydrogens is 528 g/mol. The maximum Gasteiger partial charge on any atom is 0.339 e. The summed E-state index contributed by atoms with van der Waals surface area (Å²) in [5.74, 6) is 0.259. The molecule has 1 N–H and O–H groups in total. The van der Waals surface area contributed by atoms with E-state index in [2.05, 4.69) is 21.2 Å². The molecule has 0 fully saturated rings. The Balaban J connectivity index is 1.64. The molecule has 0 atom stereocenters. The van der Waals surface area contributed by atoms with Gasteiger partial charge in [-0.25, -0.2) is 9.78 Å². The molecule has 0 spiro atoms. The summed E-state index contributed by atoms with van der Waals surface area (Å²) in [5, 5.41) is 3.30. The van der Waals surface area contributed by atoms with Gasteiger partial charge >= 0.3 is 5.97 Å². The van der Waals surface area contributed by atoms with Crippen LogP contribution in [0.1, 0.15) is 10.4 Å². The first-order valence-electron chi connectivity index (χ1n) is 10.9. The molecule has 1 aromatic heterocycles. The molecule has 4 rings (SSSR count). The Morgan fingerprint density at radius 1 is 0.889 bits per heavy atom.